The third-order valence-corrected chi connectivity index (χ3v) is 4.71. The topological polar surface area (TPSA) is 61.3 Å². The second-order valence-corrected chi connectivity index (χ2v) is 6.78. The van der Waals surface area contributed by atoms with Gasteiger partial charge in [0.15, 0.2) is 0 Å². The Bertz CT molecular complexity index is 479. The summed E-state index contributed by atoms with van der Waals surface area (Å²) < 4.78 is 5.63. The van der Waals surface area contributed by atoms with E-state index in [4.69, 9.17) is 16.2 Å². The standard InChI is InChI=1S/C16H20N2OS2/c17-13-1-5-15(6-2-13)20-11-9-19-10-12-21-16-7-3-14(18)4-8-16/h1-8H,9-12,17-18H2. The molecule has 0 aliphatic heterocycles. The number of nitrogens with two attached hydrogens (primary N) is 2. The van der Waals surface area contributed by atoms with Crippen molar-refractivity contribution in [1.82, 2.24) is 0 Å². The lowest BCUT2D eigenvalue weighted by atomic mass is 10.3. The Balaban J connectivity index is 1.52. The van der Waals surface area contributed by atoms with Crippen LogP contribution in [0.15, 0.2) is 58.3 Å². The van der Waals surface area contributed by atoms with E-state index in [9.17, 15) is 0 Å². The molecule has 4 N–H and O–H groups in total. The van der Waals surface area contributed by atoms with Gasteiger partial charge in [-0.25, -0.2) is 0 Å². The Labute approximate surface area is 134 Å². The molecule has 3 nitrogen and oxygen atoms in total. The fraction of sp³-hybridized carbons (Fsp3) is 0.250. The number of hydrogen-bond donors (Lipinski definition) is 2. The molecule has 0 saturated heterocycles. The molecule has 0 saturated carbocycles. The molecule has 21 heavy (non-hydrogen) atoms. The third-order valence-electron chi connectivity index (χ3n) is 2.75. The van der Waals surface area contributed by atoms with Gasteiger partial charge in [-0.1, -0.05) is 0 Å². The predicted molar refractivity (Wildman–Crippen MR) is 94.0 cm³/mol. The van der Waals surface area contributed by atoms with Crippen LogP contribution in [0.3, 0.4) is 0 Å². The van der Waals surface area contributed by atoms with Crippen molar-refractivity contribution in [3.63, 3.8) is 0 Å². The molecule has 2 aromatic carbocycles. The number of anilines is 2. The first-order chi connectivity index (χ1) is 10.2. The summed E-state index contributed by atoms with van der Waals surface area (Å²) in [4.78, 5) is 2.45. The normalized spacial score (nSPS) is 10.7. The minimum Gasteiger partial charge on any atom is -0.399 e. The monoisotopic (exact) mass is 320 g/mol. The van der Waals surface area contributed by atoms with Crippen LogP contribution >= 0.6 is 23.5 Å². The Hall–Kier alpha value is -1.30. The van der Waals surface area contributed by atoms with Gasteiger partial charge >= 0.3 is 0 Å². The molecule has 2 aromatic rings. The molecule has 0 bridgehead atoms. The van der Waals surface area contributed by atoms with E-state index in [0.29, 0.717) is 0 Å². The minimum atomic E-state index is 0.761. The van der Waals surface area contributed by atoms with Gasteiger partial charge in [0.25, 0.3) is 0 Å². The quantitative estimate of drug-likeness (QED) is 0.440. The van der Waals surface area contributed by atoms with Crippen LogP contribution < -0.4 is 11.5 Å². The number of benzene rings is 2. The van der Waals surface area contributed by atoms with E-state index in [1.165, 1.54) is 9.79 Å². The van der Waals surface area contributed by atoms with Crippen LogP contribution in [-0.4, -0.2) is 24.7 Å². The average Bonchev–Trinajstić information content (AvgIpc) is 2.50. The van der Waals surface area contributed by atoms with Crippen molar-refractivity contribution in [2.75, 3.05) is 36.2 Å². The van der Waals surface area contributed by atoms with Crippen LogP contribution in [0.25, 0.3) is 0 Å². The summed E-state index contributed by atoms with van der Waals surface area (Å²) in [6.45, 7) is 1.52. The van der Waals surface area contributed by atoms with Crippen LogP contribution in [0.5, 0.6) is 0 Å². The maximum atomic E-state index is 5.65. The van der Waals surface area contributed by atoms with Gasteiger partial charge in [0.2, 0.25) is 0 Å². The molecule has 0 unspecified atom stereocenters. The maximum absolute atomic E-state index is 5.65. The molecule has 0 radical (unpaired) electrons. The van der Waals surface area contributed by atoms with Crippen LogP contribution in [0.4, 0.5) is 11.4 Å². The second-order valence-electron chi connectivity index (χ2n) is 4.45. The molecular formula is C16H20N2OS2. The Kier molecular flexibility index (Phi) is 6.79. The van der Waals surface area contributed by atoms with E-state index in [0.717, 1.165) is 36.1 Å². The molecule has 5 heteroatoms. The number of hydrogen-bond acceptors (Lipinski definition) is 5. The SMILES string of the molecule is Nc1ccc(SCCOCCSc2ccc(N)cc2)cc1. The number of rotatable bonds is 8. The third kappa shape index (κ3) is 6.33. The highest BCUT2D eigenvalue weighted by Crippen LogP contribution is 2.20. The highest BCUT2D eigenvalue weighted by molar-refractivity contribution is 7.99. The molecule has 0 aliphatic rings. The highest BCUT2D eigenvalue weighted by atomic mass is 32.2. The van der Waals surface area contributed by atoms with Gasteiger partial charge in [-0.05, 0) is 48.5 Å². The van der Waals surface area contributed by atoms with E-state index >= 15 is 0 Å². The molecule has 0 aliphatic carbocycles. The van der Waals surface area contributed by atoms with Crippen molar-refractivity contribution in [1.29, 1.82) is 0 Å². The zero-order valence-corrected chi connectivity index (χ0v) is 13.5. The van der Waals surface area contributed by atoms with Crippen molar-refractivity contribution in [3.05, 3.63) is 48.5 Å². The van der Waals surface area contributed by atoms with E-state index in [1.807, 2.05) is 48.5 Å². The molecular weight excluding hydrogens is 300 g/mol. The molecule has 0 aromatic heterocycles. The Morgan fingerprint density at radius 3 is 1.43 bits per heavy atom. The van der Waals surface area contributed by atoms with Crippen LogP contribution in [0, 0.1) is 0 Å². The van der Waals surface area contributed by atoms with Crippen molar-refractivity contribution in [2.24, 2.45) is 0 Å². The van der Waals surface area contributed by atoms with E-state index in [1.54, 1.807) is 23.5 Å². The van der Waals surface area contributed by atoms with Crippen molar-refractivity contribution < 1.29 is 4.74 Å². The van der Waals surface area contributed by atoms with Gasteiger partial charge in [0.1, 0.15) is 0 Å². The summed E-state index contributed by atoms with van der Waals surface area (Å²) >= 11 is 3.57. The summed E-state index contributed by atoms with van der Waals surface area (Å²) in [5, 5.41) is 0. The largest absolute Gasteiger partial charge is 0.399 e. The van der Waals surface area contributed by atoms with Gasteiger partial charge in [0.05, 0.1) is 13.2 Å². The van der Waals surface area contributed by atoms with E-state index < -0.39 is 0 Å². The van der Waals surface area contributed by atoms with Crippen molar-refractivity contribution >= 4 is 34.9 Å². The number of thioether (sulfide) groups is 2. The zero-order chi connectivity index (χ0) is 14.9. The Morgan fingerprint density at radius 2 is 1.05 bits per heavy atom. The molecule has 112 valence electrons. The lowest BCUT2D eigenvalue weighted by molar-refractivity contribution is 0.167. The van der Waals surface area contributed by atoms with Crippen LogP contribution in [0.2, 0.25) is 0 Å². The van der Waals surface area contributed by atoms with Gasteiger partial charge in [-0.15, -0.1) is 23.5 Å². The summed E-state index contributed by atoms with van der Waals surface area (Å²) in [5.41, 5.74) is 12.9. The number of ether oxygens (including phenoxy) is 1. The Morgan fingerprint density at radius 1 is 0.667 bits per heavy atom. The molecule has 0 spiro atoms. The van der Waals surface area contributed by atoms with E-state index in [-0.39, 0.29) is 0 Å². The summed E-state index contributed by atoms with van der Waals surface area (Å²) in [7, 11) is 0. The fourth-order valence-electron chi connectivity index (χ4n) is 1.67. The zero-order valence-electron chi connectivity index (χ0n) is 11.8. The molecule has 0 heterocycles. The lowest BCUT2D eigenvalue weighted by Crippen LogP contribution is -2.01. The molecule has 0 fully saturated rings. The summed E-state index contributed by atoms with van der Waals surface area (Å²) in [5.74, 6) is 1.91. The lowest BCUT2D eigenvalue weighted by Gasteiger charge is -2.05. The smallest absolute Gasteiger partial charge is 0.0560 e. The molecule has 0 amide bonds. The first kappa shape index (κ1) is 16.1. The van der Waals surface area contributed by atoms with Gasteiger partial charge in [-0.2, -0.15) is 0 Å². The minimum absolute atomic E-state index is 0.761. The summed E-state index contributed by atoms with van der Waals surface area (Å²) in [6.07, 6.45) is 0. The number of nitrogen functional groups attached to an aromatic ring is 2. The second kappa shape index (κ2) is 8.87. The molecule has 0 atom stereocenters. The van der Waals surface area contributed by atoms with Crippen LogP contribution in [0.1, 0.15) is 0 Å². The highest BCUT2D eigenvalue weighted by Gasteiger charge is 1.96. The fourth-order valence-corrected chi connectivity index (χ4v) is 3.20. The first-order valence-electron chi connectivity index (χ1n) is 6.78. The van der Waals surface area contributed by atoms with Crippen molar-refractivity contribution in [2.45, 2.75) is 9.79 Å². The molecule has 2 rings (SSSR count). The maximum Gasteiger partial charge on any atom is 0.0560 e. The average molecular weight is 320 g/mol. The van der Waals surface area contributed by atoms with Crippen molar-refractivity contribution in [3.8, 4) is 0 Å². The van der Waals surface area contributed by atoms with Gasteiger partial charge < -0.3 is 16.2 Å². The van der Waals surface area contributed by atoms with Crippen LogP contribution in [-0.2, 0) is 4.74 Å². The van der Waals surface area contributed by atoms with Gasteiger partial charge in [-0.3, -0.25) is 0 Å². The predicted octanol–water partition coefficient (Wildman–Crippen LogP) is 3.75. The van der Waals surface area contributed by atoms with Gasteiger partial charge in [0, 0.05) is 32.7 Å². The summed E-state index contributed by atoms with van der Waals surface area (Å²) in [6, 6.07) is 15.8. The van der Waals surface area contributed by atoms with E-state index in [2.05, 4.69) is 0 Å². The first-order valence-corrected chi connectivity index (χ1v) is 8.75.